The van der Waals surface area contributed by atoms with Crippen molar-refractivity contribution in [1.29, 1.82) is 0 Å². The van der Waals surface area contributed by atoms with E-state index in [-0.39, 0.29) is 6.04 Å². The van der Waals surface area contributed by atoms with E-state index in [1.54, 1.807) is 0 Å². The maximum absolute atomic E-state index is 9.85. The average Bonchev–Trinajstić information content (AvgIpc) is 2.37. The van der Waals surface area contributed by atoms with Crippen molar-refractivity contribution >= 4 is 45.6 Å². The monoisotopic (exact) mass is 630 g/mol. The molecule has 34 heavy (non-hydrogen) atoms. The third-order valence-corrected chi connectivity index (χ3v) is 10.9. The van der Waals surface area contributed by atoms with E-state index in [1.807, 2.05) is 0 Å². The van der Waals surface area contributed by atoms with Crippen molar-refractivity contribution in [3.63, 3.8) is 0 Å². The molecule has 1 atom stereocenters. The topological polar surface area (TPSA) is 397 Å². The highest BCUT2D eigenvalue weighted by atomic mass is 31.2. The van der Waals surface area contributed by atoms with Gasteiger partial charge in [-0.05, 0) is 6.42 Å². The molecule has 0 fully saturated rings. The fraction of sp³-hybridized carbons (Fsp3) is 1.00. The van der Waals surface area contributed by atoms with Crippen molar-refractivity contribution in [2.24, 2.45) is 11.5 Å². The summed E-state index contributed by atoms with van der Waals surface area (Å²) in [5.41, 5.74) is 10.7. The molecule has 0 rings (SSSR count). The molecule has 0 aromatic heterocycles. The molecule has 0 spiro atoms. The molecule has 0 amide bonds. The molecule has 0 aliphatic carbocycles. The molecule has 20 nitrogen and oxygen atoms in total. The van der Waals surface area contributed by atoms with Crippen LogP contribution in [-0.2, 0) is 27.4 Å². The molecule has 0 aliphatic heterocycles. The van der Waals surface area contributed by atoms with Gasteiger partial charge in [0.25, 0.3) is 0 Å². The van der Waals surface area contributed by atoms with Crippen LogP contribution in [0.15, 0.2) is 0 Å². The minimum atomic E-state index is -4.55. The Bertz CT molecular complexity index is 668. The molecule has 0 aliphatic rings. The highest BCUT2D eigenvalue weighted by Crippen LogP contribution is 2.52. The Labute approximate surface area is 193 Å². The standard InChI is InChI=1S/C5H14N2.3CH6O6P2/c1-2-3-5(7)4-6;3*2-8(3,4)1-9(5,6)7/h5H,2-4,6-7H2,1H3;3*1H2,(H2,2,3,4)(H2,5,6,7). The molecule has 0 aromatic carbocycles. The Morgan fingerprint density at radius 3 is 0.735 bits per heavy atom. The zero-order valence-electron chi connectivity index (χ0n) is 17.5. The first kappa shape index (κ1) is 41.9. The summed E-state index contributed by atoms with van der Waals surface area (Å²) in [4.78, 5) is 95.7. The molecule has 0 radical (unpaired) electrons. The lowest BCUT2D eigenvalue weighted by Crippen LogP contribution is -2.28. The Kier molecular flexibility index (Phi) is 21.4. The van der Waals surface area contributed by atoms with Gasteiger partial charge in [-0.1, -0.05) is 13.3 Å². The van der Waals surface area contributed by atoms with E-state index in [0.717, 1.165) is 12.8 Å². The predicted octanol–water partition coefficient (Wildman–Crippen LogP) is -2.03. The fourth-order valence-electron chi connectivity index (χ4n) is 1.21. The van der Waals surface area contributed by atoms with Crippen LogP contribution in [0.4, 0.5) is 0 Å². The Hall–Kier alpha value is 0.820. The summed E-state index contributed by atoms with van der Waals surface area (Å²) >= 11 is 0. The van der Waals surface area contributed by atoms with E-state index in [1.165, 1.54) is 0 Å². The smallest absolute Gasteiger partial charge is 0.329 e. The van der Waals surface area contributed by atoms with Gasteiger partial charge in [0.1, 0.15) is 0 Å². The van der Waals surface area contributed by atoms with E-state index in [4.69, 9.17) is 70.2 Å². The summed E-state index contributed by atoms with van der Waals surface area (Å²) < 4.78 is 59.1. The fourth-order valence-corrected chi connectivity index (χ4v) is 6.97. The van der Waals surface area contributed by atoms with Crippen molar-refractivity contribution in [2.45, 2.75) is 25.8 Å². The molecule has 0 saturated carbocycles. The van der Waals surface area contributed by atoms with Crippen molar-refractivity contribution in [1.82, 2.24) is 0 Å². The largest absolute Gasteiger partial charge is 0.337 e. The molecular weight excluding hydrogens is 598 g/mol. The average molecular weight is 630 g/mol. The van der Waals surface area contributed by atoms with E-state index in [2.05, 4.69) is 6.92 Å². The van der Waals surface area contributed by atoms with Crippen molar-refractivity contribution < 1.29 is 86.1 Å². The first-order valence-electron chi connectivity index (χ1n) is 8.16. The lowest BCUT2D eigenvalue weighted by atomic mass is 10.2. The van der Waals surface area contributed by atoms with E-state index >= 15 is 0 Å². The SMILES string of the molecule is CCCC(N)CN.O=P(O)(O)CP(=O)(O)O.O=P(O)(O)CP(=O)(O)O.O=P(O)(O)CP(=O)(O)O. The Balaban J connectivity index is -0.000000177. The molecule has 0 heterocycles. The summed E-state index contributed by atoms with van der Waals surface area (Å²) in [6.07, 6.45) is 2.19. The quantitative estimate of drug-likeness (QED) is 0.122. The molecule has 0 bridgehead atoms. The van der Waals surface area contributed by atoms with Gasteiger partial charge < -0.3 is 70.2 Å². The van der Waals surface area contributed by atoms with Gasteiger partial charge in [-0.25, -0.2) is 0 Å². The number of hydrogen-bond acceptors (Lipinski definition) is 8. The Morgan fingerprint density at radius 2 is 0.706 bits per heavy atom. The van der Waals surface area contributed by atoms with E-state index in [9.17, 15) is 27.4 Å². The lowest BCUT2D eigenvalue weighted by Gasteiger charge is -2.03. The molecule has 212 valence electrons. The van der Waals surface area contributed by atoms with Crippen LogP contribution >= 0.6 is 45.6 Å². The number of rotatable bonds is 9. The summed E-state index contributed by atoms with van der Waals surface area (Å²) in [6, 6.07) is 0.227. The van der Waals surface area contributed by atoms with Crippen LogP contribution in [0, 0.1) is 0 Å². The second kappa shape index (κ2) is 17.4. The molecule has 26 heteroatoms. The van der Waals surface area contributed by atoms with Crippen LogP contribution in [0.5, 0.6) is 0 Å². The predicted molar refractivity (Wildman–Crippen MR) is 119 cm³/mol. The third-order valence-electron chi connectivity index (χ3n) is 2.07. The molecular formula is C8H32N2O18P6. The maximum Gasteiger partial charge on any atom is 0.337 e. The molecule has 0 saturated heterocycles. The van der Waals surface area contributed by atoms with Gasteiger partial charge in [0.15, 0.2) is 17.7 Å². The van der Waals surface area contributed by atoms with Gasteiger partial charge in [0.05, 0.1) is 0 Å². The van der Waals surface area contributed by atoms with Crippen molar-refractivity contribution in [3.8, 4) is 0 Å². The molecule has 0 aromatic rings. The van der Waals surface area contributed by atoms with E-state index in [0.29, 0.717) is 6.54 Å². The van der Waals surface area contributed by atoms with Gasteiger partial charge in [-0.15, -0.1) is 0 Å². The lowest BCUT2D eigenvalue weighted by molar-refractivity contribution is 0.352. The first-order chi connectivity index (χ1) is 14.4. The van der Waals surface area contributed by atoms with Gasteiger partial charge in [0, 0.05) is 12.6 Å². The number of hydrogen-bond donors (Lipinski definition) is 14. The normalized spacial score (nSPS) is 13.9. The second-order valence-electron chi connectivity index (χ2n) is 6.20. The van der Waals surface area contributed by atoms with Gasteiger partial charge in [0.2, 0.25) is 0 Å². The van der Waals surface area contributed by atoms with Crippen molar-refractivity contribution in [2.75, 3.05) is 24.3 Å². The summed E-state index contributed by atoms with van der Waals surface area (Å²) in [5, 5.41) is 0. The van der Waals surface area contributed by atoms with Crippen LogP contribution in [0.3, 0.4) is 0 Å². The summed E-state index contributed by atoms with van der Waals surface area (Å²) in [6.45, 7) is 2.73. The van der Waals surface area contributed by atoms with Crippen LogP contribution in [-0.4, -0.2) is 89.0 Å². The van der Waals surface area contributed by atoms with Crippen LogP contribution in [0.2, 0.25) is 0 Å². The van der Waals surface area contributed by atoms with E-state index < -0.39 is 63.3 Å². The second-order valence-corrected chi connectivity index (χ2v) is 17.6. The first-order valence-corrected chi connectivity index (χ1v) is 18.9. The van der Waals surface area contributed by atoms with Crippen LogP contribution in [0.1, 0.15) is 19.8 Å². The molecule has 16 N–H and O–H groups in total. The highest BCUT2D eigenvalue weighted by molar-refractivity contribution is 7.70. The zero-order valence-corrected chi connectivity index (χ0v) is 22.8. The van der Waals surface area contributed by atoms with Crippen LogP contribution < -0.4 is 11.5 Å². The van der Waals surface area contributed by atoms with Crippen LogP contribution in [0.25, 0.3) is 0 Å². The zero-order chi connectivity index (χ0) is 28.8. The number of nitrogens with two attached hydrogens (primary N) is 2. The maximum atomic E-state index is 9.85. The minimum absolute atomic E-state index is 0.227. The minimum Gasteiger partial charge on any atom is -0.329 e. The van der Waals surface area contributed by atoms with Gasteiger partial charge >= 0.3 is 45.6 Å². The third kappa shape index (κ3) is 58.6. The molecule has 1 unspecified atom stereocenters. The highest BCUT2D eigenvalue weighted by Gasteiger charge is 2.28. The van der Waals surface area contributed by atoms with Crippen molar-refractivity contribution in [3.05, 3.63) is 0 Å². The van der Waals surface area contributed by atoms with Gasteiger partial charge in [-0.3, -0.25) is 27.4 Å². The summed E-state index contributed by atoms with van der Waals surface area (Å²) in [5.74, 6) is -4.12. The summed E-state index contributed by atoms with van der Waals surface area (Å²) in [7, 11) is -27.3. The van der Waals surface area contributed by atoms with Gasteiger partial charge in [-0.2, -0.15) is 0 Å². The Morgan fingerprint density at radius 1 is 0.529 bits per heavy atom.